The van der Waals surface area contributed by atoms with Gasteiger partial charge in [-0.05, 0) is 24.7 Å². The van der Waals surface area contributed by atoms with Crippen LogP contribution in [0.4, 0.5) is 0 Å². The van der Waals surface area contributed by atoms with Crippen LogP contribution in [0.5, 0.6) is 0 Å². The Morgan fingerprint density at radius 2 is 1.26 bits per heavy atom. The molecule has 1 aliphatic rings. The van der Waals surface area contributed by atoms with Crippen molar-refractivity contribution in [3.63, 3.8) is 0 Å². The Kier molecular flexibility index (Phi) is 28.4. The van der Waals surface area contributed by atoms with E-state index in [4.69, 9.17) is 0 Å². The van der Waals surface area contributed by atoms with Crippen molar-refractivity contribution in [2.45, 2.75) is 81.1 Å². The fraction of sp³-hybridized carbons (Fsp3) is 0.833. The van der Waals surface area contributed by atoms with Crippen LogP contribution in [0.2, 0.25) is 0 Å². The summed E-state index contributed by atoms with van der Waals surface area (Å²) in [5.74, 6) is 1.82. The molecule has 1 heteroatoms. The van der Waals surface area contributed by atoms with Gasteiger partial charge in [0.2, 0.25) is 0 Å². The first-order valence-electron chi connectivity index (χ1n) is 7.87. The summed E-state index contributed by atoms with van der Waals surface area (Å²) in [5, 5.41) is 0. The van der Waals surface area contributed by atoms with Crippen LogP contribution in [0, 0.1) is 37.5 Å². The standard InChI is InChI=1S/C11H20.C3H7.2C2H6.Y/c1-5-11(6-2)7-10(8-11)9(3)4;1-3-2;2*1-2;/h9-10H,1-2,5-8H2,3-4H3;3H,1-2H3;2*1-2H3;/q-2;-1;;;+3. The van der Waals surface area contributed by atoms with Crippen LogP contribution in [-0.4, -0.2) is 0 Å². The SMILES string of the molecule is CC.CC.C[CH-]C.[CH2-]CC1(C[CH2-])CC(C(C)C)C1.[Y+3]. The van der Waals surface area contributed by atoms with Gasteiger partial charge in [-0.25, -0.2) is 0 Å². The van der Waals surface area contributed by atoms with Gasteiger partial charge in [-0.15, -0.1) is 0 Å². The molecule has 0 aromatic heterocycles. The maximum atomic E-state index is 4.00. The van der Waals surface area contributed by atoms with E-state index in [1.165, 1.54) is 12.8 Å². The summed E-state index contributed by atoms with van der Waals surface area (Å²) in [6.07, 6.45) is 6.91. The molecular weight excluding hydrogens is 305 g/mol. The number of rotatable bonds is 3. The Morgan fingerprint density at radius 3 is 1.42 bits per heavy atom. The summed E-state index contributed by atoms with van der Waals surface area (Å²) < 4.78 is 0. The average Bonchev–Trinajstić information content (AvgIpc) is 2.35. The molecule has 0 heterocycles. The van der Waals surface area contributed by atoms with E-state index < -0.39 is 0 Å². The average molecular weight is 344 g/mol. The first-order valence-corrected chi connectivity index (χ1v) is 7.87. The molecule has 0 aromatic rings. The zero-order chi connectivity index (χ0) is 15.2. The van der Waals surface area contributed by atoms with Crippen molar-refractivity contribution in [3.05, 3.63) is 20.3 Å². The fourth-order valence-corrected chi connectivity index (χ4v) is 2.06. The van der Waals surface area contributed by atoms with Crippen LogP contribution in [-0.2, 0) is 32.7 Å². The Morgan fingerprint density at radius 1 is 1.00 bits per heavy atom. The summed E-state index contributed by atoms with van der Waals surface area (Å²) in [5.41, 5.74) is 0.537. The molecule has 114 valence electrons. The van der Waals surface area contributed by atoms with E-state index in [-0.39, 0.29) is 32.7 Å². The molecule has 0 nitrogen and oxygen atoms in total. The second-order valence-corrected chi connectivity index (χ2v) is 4.99. The number of hydrogen-bond donors (Lipinski definition) is 0. The molecular formula is C18H39Y. The van der Waals surface area contributed by atoms with Gasteiger partial charge in [-0.1, -0.05) is 47.0 Å². The van der Waals surface area contributed by atoms with Gasteiger partial charge in [-0.3, -0.25) is 0 Å². The van der Waals surface area contributed by atoms with E-state index in [1.807, 2.05) is 48.0 Å². The molecule has 0 N–H and O–H groups in total. The molecule has 1 rings (SSSR count). The van der Waals surface area contributed by atoms with E-state index in [0.29, 0.717) is 5.41 Å². The predicted octanol–water partition coefficient (Wildman–Crippen LogP) is 6.77. The van der Waals surface area contributed by atoms with Crippen LogP contribution in [0.1, 0.15) is 81.1 Å². The number of hydrogen-bond acceptors (Lipinski definition) is 0. The molecule has 0 radical (unpaired) electrons. The van der Waals surface area contributed by atoms with Gasteiger partial charge in [0.1, 0.15) is 0 Å². The molecule has 1 aliphatic carbocycles. The minimum Gasteiger partial charge on any atom is -0.343 e. The maximum Gasteiger partial charge on any atom is 3.00 e. The molecule has 1 saturated carbocycles. The van der Waals surface area contributed by atoms with E-state index in [9.17, 15) is 0 Å². The molecule has 0 spiro atoms. The molecule has 0 unspecified atom stereocenters. The van der Waals surface area contributed by atoms with Crippen LogP contribution >= 0.6 is 0 Å². The third-order valence-electron chi connectivity index (χ3n) is 3.39. The molecule has 0 bridgehead atoms. The van der Waals surface area contributed by atoms with Crippen molar-refractivity contribution in [3.8, 4) is 0 Å². The van der Waals surface area contributed by atoms with Gasteiger partial charge in [-0.2, -0.15) is 26.7 Å². The topological polar surface area (TPSA) is 0 Å². The zero-order valence-electron chi connectivity index (χ0n) is 15.1. The summed E-state index contributed by atoms with van der Waals surface area (Å²) >= 11 is 0. The third-order valence-corrected chi connectivity index (χ3v) is 3.39. The van der Waals surface area contributed by atoms with Gasteiger partial charge in [0, 0.05) is 0 Å². The maximum absolute atomic E-state index is 4.00. The Hall–Kier alpha value is 1.10. The summed E-state index contributed by atoms with van der Waals surface area (Å²) in [6, 6.07) is 0. The van der Waals surface area contributed by atoms with Gasteiger partial charge in [0.05, 0.1) is 0 Å². The normalized spacial score (nSPS) is 15.3. The van der Waals surface area contributed by atoms with Gasteiger partial charge < -0.3 is 20.3 Å². The summed E-state index contributed by atoms with van der Waals surface area (Å²) in [4.78, 5) is 0. The molecule has 0 amide bonds. The van der Waals surface area contributed by atoms with Crippen LogP contribution < -0.4 is 0 Å². The molecule has 1 fully saturated rings. The van der Waals surface area contributed by atoms with E-state index in [1.54, 1.807) is 0 Å². The summed E-state index contributed by atoms with van der Waals surface area (Å²) in [6.45, 7) is 24.6. The van der Waals surface area contributed by atoms with E-state index in [0.717, 1.165) is 24.7 Å². The first-order chi connectivity index (χ1) is 8.55. The van der Waals surface area contributed by atoms with Crippen LogP contribution in [0.15, 0.2) is 0 Å². The minimum absolute atomic E-state index is 0. The molecule has 0 saturated heterocycles. The smallest absolute Gasteiger partial charge is 0.343 e. The van der Waals surface area contributed by atoms with E-state index >= 15 is 0 Å². The van der Waals surface area contributed by atoms with E-state index in [2.05, 4.69) is 27.7 Å². The molecule has 0 aromatic carbocycles. The van der Waals surface area contributed by atoms with Crippen LogP contribution in [0.25, 0.3) is 0 Å². The van der Waals surface area contributed by atoms with Crippen LogP contribution in [0.3, 0.4) is 0 Å². The summed E-state index contributed by atoms with van der Waals surface area (Å²) in [7, 11) is 0. The molecule has 19 heavy (non-hydrogen) atoms. The monoisotopic (exact) mass is 344 g/mol. The van der Waals surface area contributed by atoms with Gasteiger partial charge >= 0.3 is 32.7 Å². The van der Waals surface area contributed by atoms with Crippen molar-refractivity contribution >= 4 is 0 Å². The van der Waals surface area contributed by atoms with Crippen molar-refractivity contribution in [1.82, 2.24) is 0 Å². The quantitative estimate of drug-likeness (QED) is 0.496. The van der Waals surface area contributed by atoms with Gasteiger partial charge in [0.25, 0.3) is 0 Å². The Balaban J connectivity index is -0.000000121. The van der Waals surface area contributed by atoms with Crippen molar-refractivity contribution < 1.29 is 32.7 Å². The third kappa shape index (κ3) is 12.5. The largest absolute Gasteiger partial charge is 3.00 e. The second-order valence-electron chi connectivity index (χ2n) is 4.99. The fourth-order valence-electron chi connectivity index (χ4n) is 2.06. The molecule has 0 aliphatic heterocycles. The van der Waals surface area contributed by atoms with Crippen molar-refractivity contribution in [2.24, 2.45) is 17.3 Å². The predicted molar refractivity (Wildman–Crippen MR) is 88.3 cm³/mol. The van der Waals surface area contributed by atoms with Crippen molar-refractivity contribution in [1.29, 1.82) is 0 Å². The van der Waals surface area contributed by atoms with Gasteiger partial charge in [0.15, 0.2) is 0 Å². The zero-order valence-corrected chi connectivity index (χ0v) is 17.9. The van der Waals surface area contributed by atoms with Crippen molar-refractivity contribution in [2.75, 3.05) is 0 Å². The Bertz CT molecular complexity index is 129. The first kappa shape index (κ1) is 28.3. The Labute approximate surface area is 150 Å². The second kappa shape index (κ2) is 19.1. The molecule has 0 atom stereocenters. The minimum atomic E-state index is 0.